The van der Waals surface area contributed by atoms with Crippen LogP contribution in [0.5, 0.6) is 0 Å². The highest BCUT2D eigenvalue weighted by atomic mass is 16.5. The lowest BCUT2D eigenvalue weighted by Crippen LogP contribution is -2.43. The smallest absolute Gasteiger partial charge is 0.435 e. The lowest BCUT2D eigenvalue weighted by molar-refractivity contribution is -0.550. The quantitative estimate of drug-likeness (QED) is 0.447. The second-order valence-corrected chi connectivity index (χ2v) is 4.58. The van der Waals surface area contributed by atoms with Crippen LogP contribution in [0.25, 0.3) is 0 Å². The Morgan fingerprint density at radius 1 is 0.933 bits per heavy atom. The van der Waals surface area contributed by atoms with Crippen LogP contribution in [-0.4, -0.2) is 48.8 Å². The average Bonchev–Trinajstić information content (AvgIpc) is 2.33. The third-order valence-corrected chi connectivity index (χ3v) is 3.44. The average molecular weight is 211 g/mol. The first kappa shape index (κ1) is 10.8. The number of nitrogens with zero attached hydrogens (tertiary/aromatic N) is 2. The van der Waals surface area contributed by atoms with E-state index in [4.69, 9.17) is 4.74 Å². The minimum atomic E-state index is 1.13. The molecule has 86 valence electrons. The van der Waals surface area contributed by atoms with Crippen molar-refractivity contribution in [2.24, 2.45) is 0 Å². The van der Waals surface area contributed by atoms with Crippen molar-refractivity contribution < 1.29 is 9.31 Å². The van der Waals surface area contributed by atoms with E-state index in [1.807, 2.05) is 7.11 Å². The minimum absolute atomic E-state index is 1.13. The van der Waals surface area contributed by atoms with Crippen molar-refractivity contribution in [3.8, 4) is 0 Å². The fourth-order valence-electron chi connectivity index (χ4n) is 2.63. The second-order valence-electron chi connectivity index (χ2n) is 4.58. The molecule has 0 aliphatic carbocycles. The third-order valence-electron chi connectivity index (χ3n) is 3.44. The Balaban J connectivity index is 2.05. The fourth-order valence-corrected chi connectivity index (χ4v) is 2.63. The molecule has 2 aliphatic heterocycles. The standard InChI is InChI=1S/C12H23N2O/c1-15-12(13-8-4-2-5-9-13)14-10-6-3-7-11-14/h2-11H2,1H3/q+1. The molecule has 3 heteroatoms. The van der Waals surface area contributed by atoms with E-state index in [9.17, 15) is 0 Å². The maximum absolute atomic E-state index is 5.60. The van der Waals surface area contributed by atoms with E-state index in [1.54, 1.807) is 0 Å². The minimum Gasteiger partial charge on any atom is -0.435 e. The Morgan fingerprint density at radius 3 is 2.13 bits per heavy atom. The van der Waals surface area contributed by atoms with Gasteiger partial charge in [0, 0.05) is 0 Å². The number of hydrogen-bond donors (Lipinski definition) is 0. The Kier molecular flexibility index (Phi) is 3.87. The first-order valence-electron chi connectivity index (χ1n) is 6.32. The van der Waals surface area contributed by atoms with Crippen molar-refractivity contribution in [3.05, 3.63) is 0 Å². The number of ether oxygens (including phenoxy) is 1. The van der Waals surface area contributed by atoms with Crippen LogP contribution < -0.4 is 0 Å². The highest BCUT2D eigenvalue weighted by molar-refractivity contribution is 5.68. The van der Waals surface area contributed by atoms with E-state index < -0.39 is 0 Å². The normalized spacial score (nSPS) is 22.7. The number of piperidine rings is 2. The van der Waals surface area contributed by atoms with Crippen LogP contribution in [0.3, 0.4) is 0 Å². The summed E-state index contributed by atoms with van der Waals surface area (Å²) in [5, 5.41) is 0. The Bertz CT molecular complexity index is 224. The van der Waals surface area contributed by atoms with Gasteiger partial charge in [-0.25, -0.2) is 9.48 Å². The lowest BCUT2D eigenvalue weighted by atomic mass is 10.1. The molecule has 15 heavy (non-hydrogen) atoms. The van der Waals surface area contributed by atoms with Crippen LogP contribution in [0.1, 0.15) is 38.5 Å². The molecule has 0 saturated carbocycles. The molecule has 0 atom stereocenters. The molecule has 2 fully saturated rings. The van der Waals surface area contributed by atoms with E-state index >= 15 is 0 Å². The summed E-state index contributed by atoms with van der Waals surface area (Å²) in [4.78, 5) is 2.43. The molecular weight excluding hydrogens is 188 g/mol. The zero-order valence-electron chi connectivity index (χ0n) is 9.87. The maximum Gasteiger partial charge on any atom is 0.445 e. The van der Waals surface area contributed by atoms with Crippen molar-refractivity contribution in [3.63, 3.8) is 0 Å². The van der Waals surface area contributed by atoms with Crippen molar-refractivity contribution >= 4 is 6.02 Å². The third kappa shape index (κ3) is 2.64. The molecule has 0 aromatic rings. The van der Waals surface area contributed by atoms with Gasteiger partial charge in [0.1, 0.15) is 0 Å². The molecule has 0 spiro atoms. The number of methoxy groups -OCH3 is 1. The molecule has 0 unspecified atom stereocenters. The second kappa shape index (κ2) is 5.38. The van der Waals surface area contributed by atoms with Crippen LogP contribution in [0.15, 0.2) is 0 Å². The van der Waals surface area contributed by atoms with Gasteiger partial charge in [0.05, 0.1) is 33.3 Å². The van der Waals surface area contributed by atoms with Gasteiger partial charge in [-0.3, -0.25) is 0 Å². The van der Waals surface area contributed by atoms with E-state index in [-0.39, 0.29) is 0 Å². The Hall–Kier alpha value is -0.730. The summed E-state index contributed by atoms with van der Waals surface area (Å²) in [7, 11) is 1.82. The first-order valence-corrected chi connectivity index (χ1v) is 6.32. The molecule has 0 N–H and O–H groups in total. The molecule has 0 amide bonds. The molecule has 2 rings (SSSR count). The van der Waals surface area contributed by atoms with Gasteiger partial charge in [-0.1, -0.05) is 0 Å². The predicted octanol–water partition coefficient (Wildman–Crippen LogP) is 1.67. The number of likely N-dealkylation sites (tertiary alicyclic amines) is 1. The van der Waals surface area contributed by atoms with Crippen LogP contribution >= 0.6 is 0 Å². The Labute approximate surface area is 92.7 Å². The van der Waals surface area contributed by atoms with Crippen LogP contribution in [-0.2, 0) is 4.74 Å². The zero-order valence-corrected chi connectivity index (χ0v) is 9.87. The summed E-state index contributed by atoms with van der Waals surface area (Å²) in [6.45, 7) is 4.72. The summed E-state index contributed by atoms with van der Waals surface area (Å²) in [5.74, 6) is 0. The van der Waals surface area contributed by atoms with Gasteiger partial charge >= 0.3 is 6.02 Å². The number of rotatable bonds is 0. The van der Waals surface area contributed by atoms with Crippen LogP contribution in [0.2, 0.25) is 0 Å². The summed E-state index contributed by atoms with van der Waals surface area (Å²) in [5.41, 5.74) is 0. The van der Waals surface area contributed by atoms with E-state index in [0.717, 1.165) is 6.02 Å². The molecular formula is C12H23N2O+. The van der Waals surface area contributed by atoms with Crippen LogP contribution in [0, 0.1) is 0 Å². The highest BCUT2D eigenvalue weighted by Gasteiger charge is 2.26. The van der Waals surface area contributed by atoms with Crippen molar-refractivity contribution in [1.82, 2.24) is 4.90 Å². The van der Waals surface area contributed by atoms with Gasteiger partial charge in [0.2, 0.25) is 0 Å². The van der Waals surface area contributed by atoms with Crippen molar-refractivity contribution in [2.75, 3.05) is 33.3 Å². The number of amidine groups is 1. The van der Waals surface area contributed by atoms with Crippen molar-refractivity contribution in [2.45, 2.75) is 38.5 Å². The molecule has 0 bridgehead atoms. The lowest BCUT2D eigenvalue weighted by Gasteiger charge is -2.25. The van der Waals surface area contributed by atoms with Gasteiger partial charge < -0.3 is 4.74 Å². The zero-order chi connectivity index (χ0) is 10.5. The van der Waals surface area contributed by atoms with Gasteiger partial charge in [0.15, 0.2) is 0 Å². The molecule has 0 radical (unpaired) electrons. The molecule has 2 heterocycles. The maximum atomic E-state index is 5.60. The van der Waals surface area contributed by atoms with Gasteiger partial charge in [-0.05, 0) is 38.5 Å². The van der Waals surface area contributed by atoms with Gasteiger partial charge in [-0.2, -0.15) is 0 Å². The summed E-state index contributed by atoms with van der Waals surface area (Å²) in [6, 6.07) is 1.13. The van der Waals surface area contributed by atoms with Gasteiger partial charge in [0.25, 0.3) is 0 Å². The topological polar surface area (TPSA) is 15.5 Å². The predicted molar refractivity (Wildman–Crippen MR) is 61.3 cm³/mol. The molecule has 3 nitrogen and oxygen atoms in total. The van der Waals surface area contributed by atoms with Gasteiger partial charge in [-0.15, -0.1) is 0 Å². The molecule has 2 aliphatic rings. The SMILES string of the molecule is COC(N1CCCCC1)=[N+]1CCCCC1. The van der Waals surface area contributed by atoms with Crippen molar-refractivity contribution in [1.29, 1.82) is 0 Å². The fraction of sp³-hybridized carbons (Fsp3) is 0.917. The monoisotopic (exact) mass is 211 g/mol. The number of hydrogen-bond acceptors (Lipinski definition) is 1. The summed E-state index contributed by atoms with van der Waals surface area (Å²) >= 11 is 0. The van der Waals surface area contributed by atoms with E-state index in [2.05, 4.69) is 9.48 Å². The molecule has 2 saturated heterocycles. The summed E-state index contributed by atoms with van der Waals surface area (Å²) < 4.78 is 8.02. The molecule has 0 aromatic carbocycles. The van der Waals surface area contributed by atoms with E-state index in [1.165, 1.54) is 64.7 Å². The highest BCUT2D eigenvalue weighted by Crippen LogP contribution is 2.12. The molecule has 0 aromatic heterocycles. The first-order chi connectivity index (χ1) is 7.42. The Morgan fingerprint density at radius 2 is 1.53 bits per heavy atom. The van der Waals surface area contributed by atoms with Crippen LogP contribution in [0.4, 0.5) is 0 Å². The summed E-state index contributed by atoms with van der Waals surface area (Å²) in [6.07, 6.45) is 8.05. The largest absolute Gasteiger partial charge is 0.445 e. The van der Waals surface area contributed by atoms with E-state index in [0.29, 0.717) is 0 Å².